The van der Waals surface area contributed by atoms with Gasteiger partial charge in [0, 0.05) is 11.6 Å². The number of ether oxygens (including phenoxy) is 2. The molecule has 0 saturated heterocycles. The van der Waals surface area contributed by atoms with Crippen molar-refractivity contribution in [3.05, 3.63) is 36.4 Å². The first-order chi connectivity index (χ1) is 8.37. The molecule has 0 spiro atoms. The van der Waals surface area contributed by atoms with Gasteiger partial charge in [-0.15, -0.1) is 19.8 Å². The molecule has 0 aliphatic heterocycles. The summed E-state index contributed by atoms with van der Waals surface area (Å²) in [4.78, 5) is 0. The molecular formula is C12H14F3NO2. The predicted octanol–water partition coefficient (Wildman–Crippen LogP) is 3.17. The molecule has 0 heterocycles. The Bertz CT molecular complexity index is 418. The lowest BCUT2D eigenvalue weighted by Gasteiger charge is -2.16. The largest absolute Gasteiger partial charge is 0.573 e. The molecule has 100 valence electrons. The molecule has 0 fully saturated rings. The third kappa shape index (κ3) is 3.96. The average Bonchev–Trinajstić information content (AvgIpc) is 2.27. The first-order valence-corrected chi connectivity index (χ1v) is 5.17. The smallest absolute Gasteiger partial charge is 0.496 e. The molecule has 3 nitrogen and oxygen atoms in total. The Balaban J connectivity index is 3.05. The van der Waals surface area contributed by atoms with E-state index in [9.17, 15) is 13.2 Å². The molecule has 0 aromatic heterocycles. The molecule has 0 aliphatic carbocycles. The van der Waals surface area contributed by atoms with Gasteiger partial charge in [0.1, 0.15) is 11.5 Å². The van der Waals surface area contributed by atoms with Gasteiger partial charge >= 0.3 is 6.36 Å². The number of rotatable bonds is 5. The first kappa shape index (κ1) is 14.4. The van der Waals surface area contributed by atoms with Crippen molar-refractivity contribution < 1.29 is 22.6 Å². The van der Waals surface area contributed by atoms with E-state index in [0.717, 1.165) is 0 Å². The lowest BCUT2D eigenvalue weighted by atomic mass is 10.0. The van der Waals surface area contributed by atoms with Crippen LogP contribution in [0.15, 0.2) is 30.9 Å². The Morgan fingerprint density at radius 1 is 1.44 bits per heavy atom. The molecule has 2 N–H and O–H groups in total. The molecule has 0 bridgehead atoms. The summed E-state index contributed by atoms with van der Waals surface area (Å²) in [5, 5.41) is 0. The molecule has 0 radical (unpaired) electrons. The summed E-state index contributed by atoms with van der Waals surface area (Å²) in [5.41, 5.74) is 6.27. The van der Waals surface area contributed by atoms with Crippen LogP contribution < -0.4 is 15.2 Å². The molecule has 1 aromatic rings. The van der Waals surface area contributed by atoms with Gasteiger partial charge in [0.05, 0.1) is 7.11 Å². The number of nitrogens with two attached hydrogens (primary N) is 1. The second-order valence-electron chi connectivity index (χ2n) is 3.58. The highest BCUT2D eigenvalue weighted by Gasteiger charge is 2.31. The summed E-state index contributed by atoms with van der Waals surface area (Å²) in [6, 6.07) is 3.30. The zero-order valence-corrected chi connectivity index (χ0v) is 9.83. The summed E-state index contributed by atoms with van der Waals surface area (Å²) in [5.74, 6) is 0.0942. The van der Waals surface area contributed by atoms with Crippen LogP contribution in [0.3, 0.4) is 0 Å². The number of benzene rings is 1. The van der Waals surface area contributed by atoms with E-state index in [1.807, 2.05) is 0 Å². The fourth-order valence-corrected chi connectivity index (χ4v) is 1.51. The highest BCUT2D eigenvalue weighted by atomic mass is 19.4. The highest BCUT2D eigenvalue weighted by molar-refractivity contribution is 5.42. The van der Waals surface area contributed by atoms with Gasteiger partial charge in [0.15, 0.2) is 0 Å². The third-order valence-electron chi connectivity index (χ3n) is 2.25. The molecule has 1 rings (SSSR count). The fraction of sp³-hybridized carbons (Fsp3) is 0.333. The molecule has 0 saturated carbocycles. The lowest BCUT2D eigenvalue weighted by molar-refractivity contribution is -0.274. The minimum Gasteiger partial charge on any atom is -0.496 e. The van der Waals surface area contributed by atoms with Crippen molar-refractivity contribution >= 4 is 0 Å². The predicted molar refractivity (Wildman–Crippen MR) is 61.4 cm³/mol. The highest BCUT2D eigenvalue weighted by Crippen LogP contribution is 2.32. The van der Waals surface area contributed by atoms with Crippen molar-refractivity contribution in [1.29, 1.82) is 0 Å². The SMILES string of the molecule is C=CC[C@H](N)c1cc(OC(F)(F)F)ccc1OC. The lowest BCUT2D eigenvalue weighted by Crippen LogP contribution is -2.18. The van der Waals surface area contributed by atoms with E-state index in [1.165, 1.54) is 25.3 Å². The minimum absolute atomic E-state index is 0.321. The van der Waals surface area contributed by atoms with E-state index in [1.54, 1.807) is 6.08 Å². The Kier molecular flexibility index (Phi) is 4.61. The number of methoxy groups -OCH3 is 1. The van der Waals surface area contributed by atoms with Crippen LogP contribution in [-0.2, 0) is 0 Å². The Morgan fingerprint density at radius 3 is 2.61 bits per heavy atom. The summed E-state index contributed by atoms with van der Waals surface area (Å²) >= 11 is 0. The monoisotopic (exact) mass is 261 g/mol. The van der Waals surface area contributed by atoms with E-state index >= 15 is 0 Å². The fourth-order valence-electron chi connectivity index (χ4n) is 1.51. The normalized spacial score (nSPS) is 12.9. The van der Waals surface area contributed by atoms with Crippen molar-refractivity contribution in [2.24, 2.45) is 5.73 Å². The molecule has 0 unspecified atom stereocenters. The van der Waals surface area contributed by atoms with Gasteiger partial charge in [-0.25, -0.2) is 0 Å². The van der Waals surface area contributed by atoms with Crippen LogP contribution >= 0.6 is 0 Å². The van der Waals surface area contributed by atoms with Crippen LogP contribution in [0.25, 0.3) is 0 Å². The van der Waals surface area contributed by atoms with Gasteiger partial charge in [0.25, 0.3) is 0 Å². The van der Waals surface area contributed by atoms with E-state index in [0.29, 0.717) is 17.7 Å². The van der Waals surface area contributed by atoms with Gasteiger partial charge in [-0.05, 0) is 24.6 Å². The topological polar surface area (TPSA) is 44.5 Å². The second kappa shape index (κ2) is 5.77. The van der Waals surface area contributed by atoms with Gasteiger partial charge in [-0.1, -0.05) is 6.08 Å². The standard InChI is InChI=1S/C12H14F3NO2/c1-3-4-10(16)9-7-8(18-12(13,14)15)5-6-11(9)17-2/h3,5-7,10H,1,4,16H2,2H3/t10-/m0/s1. The first-order valence-electron chi connectivity index (χ1n) is 5.17. The van der Waals surface area contributed by atoms with E-state index < -0.39 is 12.4 Å². The molecule has 1 atom stereocenters. The van der Waals surface area contributed by atoms with Crippen molar-refractivity contribution in [2.75, 3.05) is 7.11 Å². The number of hydrogen-bond acceptors (Lipinski definition) is 3. The van der Waals surface area contributed by atoms with Gasteiger partial charge in [-0.2, -0.15) is 0 Å². The van der Waals surface area contributed by atoms with Crippen LogP contribution in [0.4, 0.5) is 13.2 Å². The molecule has 1 aromatic carbocycles. The van der Waals surface area contributed by atoms with Crippen LogP contribution in [0.5, 0.6) is 11.5 Å². The third-order valence-corrected chi connectivity index (χ3v) is 2.25. The molecule has 0 aliphatic rings. The van der Waals surface area contributed by atoms with Crippen LogP contribution in [-0.4, -0.2) is 13.5 Å². The van der Waals surface area contributed by atoms with Crippen LogP contribution in [0.1, 0.15) is 18.0 Å². The molecule has 0 amide bonds. The summed E-state index contributed by atoms with van der Waals surface area (Å²) in [6.07, 6.45) is -2.72. The van der Waals surface area contributed by atoms with Crippen molar-refractivity contribution in [2.45, 2.75) is 18.8 Å². The van der Waals surface area contributed by atoms with E-state index in [-0.39, 0.29) is 5.75 Å². The van der Waals surface area contributed by atoms with Gasteiger partial charge in [0.2, 0.25) is 0 Å². The van der Waals surface area contributed by atoms with Gasteiger partial charge in [-0.3, -0.25) is 0 Å². The Labute approximate surface area is 103 Å². The van der Waals surface area contributed by atoms with Crippen molar-refractivity contribution in [1.82, 2.24) is 0 Å². The molecular weight excluding hydrogens is 247 g/mol. The summed E-state index contributed by atoms with van der Waals surface area (Å²) in [6.45, 7) is 3.53. The maximum atomic E-state index is 12.1. The number of hydrogen-bond donors (Lipinski definition) is 1. The zero-order chi connectivity index (χ0) is 13.8. The summed E-state index contributed by atoms with van der Waals surface area (Å²) < 4.78 is 45.2. The molecule has 18 heavy (non-hydrogen) atoms. The van der Waals surface area contributed by atoms with Crippen molar-refractivity contribution in [3.8, 4) is 11.5 Å². The van der Waals surface area contributed by atoms with Crippen molar-refractivity contribution in [3.63, 3.8) is 0 Å². The molecule has 6 heteroatoms. The zero-order valence-electron chi connectivity index (χ0n) is 9.83. The van der Waals surface area contributed by atoms with Crippen LogP contribution in [0, 0.1) is 0 Å². The van der Waals surface area contributed by atoms with E-state index in [2.05, 4.69) is 11.3 Å². The number of alkyl halides is 3. The minimum atomic E-state index is -4.73. The summed E-state index contributed by atoms with van der Waals surface area (Å²) in [7, 11) is 1.42. The number of halogens is 3. The second-order valence-corrected chi connectivity index (χ2v) is 3.58. The maximum Gasteiger partial charge on any atom is 0.573 e. The Morgan fingerprint density at radius 2 is 2.11 bits per heavy atom. The maximum absolute atomic E-state index is 12.1. The Hall–Kier alpha value is -1.69. The average molecular weight is 261 g/mol. The van der Waals surface area contributed by atoms with Crippen LogP contribution in [0.2, 0.25) is 0 Å². The van der Waals surface area contributed by atoms with Gasteiger partial charge < -0.3 is 15.2 Å². The van der Waals surface area contributed by atoms with E-state index in [4.69, 9.17) is 10.5 Å². The quantitative estimate of drug-likeness (QED) is 0.828.